The highest BCUT2D eigenvalue weighted by atomic mass is 19.4. The molecule has 25 heavy (non-hydrogen) atoms. The van der Waals surface area contributed by atoms with Crippen LogP contribution in [-0.2, 0) is 9.53 Å². The molecule has 0 aromatic heterocycles. The van der Waals surface area contributed by atoms with Crippen LogP contribution < -0.4 is 10.6 Å². The molecule has 0 saturated heterocycles. The van der Waals surface area contributed by atoms with Crippen LogP contribution in [0.4, 0.5) is 17.6 Å². The molecule has 2 amide bonds. The van der Waals surface area contributed by atoms with Crippen molar-refractivity contribution < 1.29 is 31.9 Å². The van der Waals surface area contributed by atoms with Crippen molar-refractivity contribution in [2.75, 3.05) is 19.8 Å². The second-order valence-electron chi connectivity index (χ2n) is 5.63. The number of benzene rings is 1. The number of nitrogens with one attached hydrogen (secondary N) is 2. The molecule has 0 bridgehead atoms. The zero-order valence-corrected chi connectivity index (χ0v) is 13.8. The van der Waals surface area contributed by atoms with Gasteiger partial charge in [-0.05, 0) is 18.1 Å². The Morgan fingerprint density at radius 1 is 1.20 bits per heavy atom. The van der Waals surface area contributed by atoms with Gasteiger partial charge in [0, 0.05) is 6.54 Å². The molecule has 1 aromatic carbocycles. The first kappa shape index (κ1) is 20.9. The van der Waals surface area contributed by atoms with E-state index in [4.69, 9.17) is 0 Å². The van der Waals surface area contributed by atoms with Crippen molar-refractivity contribution in [3.8, 4) is 0 Å². The van der Waals surface area contributed by atoms with Crippen molar-refractivity contribution in [2.24, 2.45) is 5.92 Å². The fraction of sp³-hybridized carbons (Fsp3) is 0.500. The van der Waals surface area contributed by atoms with Gasteiger partial charge in [-0.15, -0.1) is 0 Å². The van der Waals surface area contributed by atoms with E-state index in [0.717, 1.165) is 6.07 Å². The average Bonchev–Trinajstić information content (AvgIpc) is 2.50. The highest BCUT2D eigenvalue weighted by Gasteiger charge is 2.28. The van der Waals surface area contributed by atoms with Crippen LogP contribution in [0, 0.1) is 11.7 Å². The first-order valence-electron chi connectivity index (χ1n) is 7.59. The SMILES string of the molecule is CC(C)C(NC(=O)c1ccccc1F)C(=O)NCCOCC(F)(F)F. The molecule has 0 aliphatic heterocycles. The van der Waals surface area contributed by atoms with Crippen LogP contribution in [0.1, 0.15) is 24.2 Å². The summed E-state index contributed by atoms with van der Waals surface area (Å²) in [7, 11) is 0. The molecule has 1 unspecified atom stereocenters. The number of alkyl halides is 3. The minimum atomic E-state index is -4.43. The Hall–Kier alpha value is -2.16. The van der Waals surface area contributed by atoms with E-state index >= 15 is 0 Å². The van der Waals surface area contributed by atoms with Crippen LogP contribution in [0.5, 0.6) is 0 Å². The number of hydrogen-bond donors (Lipinski definition) is 2. The number of carbonyl (C=O) groups excluding carboxylic acids is 2. The maximum Gasteiger partial charge on any atom is 0.411 e. The molecule has 0 saturated carbocycles. The Labute approximate surface area is 142 Å². The topological polar surface area (TPSA) is 67.4 Å². The first-order valence-corrected chi connectivity index (χ1v) is 7.59. The van der Waals surface area contributed by atoms with E-state index in [1.165, 1.54) is 18.2 Å². The Bertz CT molecular complexity index is 591. The van der Waals surface area contributed by atoms with Crippen LogP contribution in [0.3, 0.4) is 0 Å². The Morgan fingerprint density at radius 3 is 2.40 bits per heavy atom. The summed E-state index contributed by atoms with van der Waals surface area (Å²) < 4.78 is 53.8. The molecule has 0 radical (unpaired) electrons. The van der Waals surface area contributed by atoms with E-state index in [1.54, 1.807) is 13.8 Å². The van der Waals surface area contributed by atoms with Gasteiger partial charge in [0.2, 0.25) is 5.91 Å². The second-order valence-corrected chi connectivity index (χ2v) is 5.63. The molecule has 140 valence electrons. The van der Waals surface area contributed by atoms with Crippen LogP contribution >= 0.6 is 0 Å². The summed E-state index contributed by atoms with van der Waals surface area (Å²) in [5.41, 5.74) is -0.200. The maximum atomic E-state index is 13.6. The first-order chi connectivity index (χ1) is 11.6. The lowest BCUT2D eigenvalue weighted by molar-refractivity contribution is -0.173. The van der Waals surface area contributed by atoms with Crippen molar-refractivity contribution >= 4 is 11.8 Å². The predicted molar refractivity (Wildman–Crippen MR) is 82.4 cm³/mol. The van der Waals surface area contributed by atoms with Gasteiger partial charge in [0.15, 0.2) is 0 Å². The fourth-order valence-electron chi connectivity index (χ4n) is 1.94. The van der Waals surface area contributed by atoms with E-state index in [9.17, 15) is 27.2 Å². The van der Waals surface area contributed by atoms with Gasteiger partial charge in [-0.3, -0.25) is 9.59 Å². The molecule has 1 aromatic rings. The molecule has 5 nitrogen and oxygen atoms in total. The summed E-state index contributed by atoms with van der Waals surface area (Å²) in [5, 5.41) is 4.81. The largest absolute Gasteiger partial charge is 0.411 e. The number of rotatable bonds is 8. The van der Waals surface area contributed by atoms with Crippen molar-refractivity contribution in [1.82, 2.24) is 10.6 Å². The highest BCUT2D eigenvalue weighted by Crippen LogP contribution is 2.14. The van der Waals surface area contributed by atoms with E-state index in [2.05, 4.69) is 15.4 Å². The summed E-state index contributed by atoms with van der Waals surface area (Å²) in [6, 6.07) is 4.36. The second kappa shape index (κ2) is 9.36. The lowest BCUT2D eigenvalue weighted by Gasteiger charge is -2.22. The maximum absolute atomic E-state index is 13.6. The van der Waals surface area contributed by atoms with E-state index < -0.39 is 36.5 Å². The van der Waals surface area contributed by atoms with Crippen LogP contribution in [-0.4, -0.2) is 43.8 Å². The van der Waals surface area contributed by atoms with Gasteiger partial charge in [0.1, 0.15) is 18.5 Å². The van der Waals surface area contributed by atoms with Gasteiger partial charge in [0.05, 0.1) is 12.2 Å². The molecule has 1 atom stereocenters. The number of halogens is 4. The van der Waals surface area contributed by atoms with Gasteiger partial charge in [0.25, 0.3) is 5.91 Å². The van der Waals surface area contributed by atoms with Gasteiger partial charge in [-0.25, -0.2) is 4.39 Å². The highest BCUT2D eigenvalue weighted by molar-refractivity contribution is 5.97. The van der Waals surface area contributed by atoms with Crippen LogP contribution in [0.25, 0.3) is 0 Å². The molecule has 9 heteroatoms. The summed E-state index contributed by atoms with van der Waals surface area (Å²) >= 11 is 0. The van der Waals surface area contributed by atoms with Crippen molar-refractivity contribution in [3.05, 3.63) is 35.6 Å². The van der Waals surface area contributed by atoms with Gasteiger partial charge in [-0.1, -0.05) is 26.0 Å². The molecule has 0 aliphatic rings. The third-order valence-corrected chi connectivity index (χ3v) is 3.17. The minimum absolute atomic E-state index is 0.145. The van der Waals surface area contributed by atoms with Crippen LogP contribution in [0.15, 0.2) is 24.3 Å². The van der Waals surface area contributed by atoms with E-state index in [-0.39, 0.29) is 24.6 Å². The molecule has 0 fully saturated rings. The third kappa shape index (κ3) is 7.51. The molecule has 0 heterocycles. The zero-order chi connectivity index (χ0) is 19.0. The van der Waals surface area contributed by atoms with Crippen molar-refractivity contribution in [3.63, 3.8) is 0 Å². The molecule has 2 N–H and O–H groups in total. The monoisotopic (exact) mass is 364 g/mol. The number of amides is 2. The molecule has 0 aliphatic carbocycles. The normalized spacial score (nSPS) is 12.8. The van der Waals surface area contributed by atoms with E-state index in [0.29, 0.717) is 0 Å². The van der Waals surface area contributed by atoms with Gasteiger partial charge >= 0.3 is 6.18 Å². The molecular weight excluding hydrogens is 344 g/mol. The number of hydrogen-bond acceptors (Lipinski definition) is 3. The smallest absolute Gasteiger partial charge is 0.370 e. The van der Waals surface area contributed by atoms with Gasteiger partial charge in [-0.2, -0.15) is 13.2 Å². The number of ether oxygens (including phenoxy) is 1. The van der Waals surface area contributed by atoms with Gasteiger partial charge < -0.3 is 15.4 Å². The lowest BCUT2D eigenvalue weighted by atomic mass is 10.0. The Kier molecular flexibility index (Phi) is 7.82. The van der Waals surface area contributed by atoms with Crippen LogP contribution in [0.2, 0.25) is 0 Å². The molecule has 0 spiro atoms. The summed E-state index contributed by atoms with van der Waals surface area (Å²) in [5.74, 6) is -2.37. The fourth-order valence-corrected chi connectivity index (χ4v) is 1.94. The molecule has 1 rings (SSSR count). The van der Waals surface area contributed by atoms with Crippen molar-refractivity contribution in [1.29, 1.82) is 0 Å². The average molecular weight is 364 g/mol. The Morgan fingerprint density at radius 2 is 1.84 bits per heavy atom. The summed E-state index contributed by atoms with van der Waals surface area (Å²) in [4.78, 5) is 24.2. The Balaban J connectivity index is 2.54. The third-order valence-electron chi connectivity index (χ3n) is 3.17. The summed E-state index contributed by atoms with van der Waals surface area (Å²) in [6.07, 6.45) is -4.43. The minimum Gasteiger partial charge on any atom is -0.370 e. The standard InChI is InChI=1S/C16H20F4N2O3/c1-10(2)13(15(24)21-7-8-25-9-16(18,19)20)22-14(23)11-5-3-4-6-12(11)17/h3-6,10,13H,7-9H2,1-2H3,(H,21,24)(H,22,23). The van der Waals surface area contributed by atoms with E-state index in [1.807, 2.05) is 0 Å². The lowest BCUT2D eigenvalue weighted by Crippen LogP contribution is -2.50. The zero-order valence-electron chi connectivity index (χ0n) is 13.8. The number of carbonyl (C=O) groups is 2. The predicted octanol–water partition coefficient (Wildman–Crippen LogP) is 2.28. The molecular formula is C16H20F4N2O3. The summed E-state index contributed by atoms with van der Waals surface area (Å²) in [6.45, 7) is 1.48. The van der Waals surface area contributed by atoms with Crippen molar-refractivity contribution in [2.45, 2.75) is 26.1 Å². The quantitative estimate of drug-likeness (QED) is 0.549.